The number of halogens is 1. The van der Waals surface area contributed by atoms with Crippen LogP contribution in [0.4, 0.5) is 20.6 Å². The zero-order chi connectivity index (χ0) is 12.4. The molecule has 4 N–H and O–H groups in total. The van der Waals surface area contributed by atoms with Crippen LogP contribution in [0.5, 0.6) is 0 Å². The van der Waals surface area contributed by atoms with Crippen LogP contribution in [0.2, 0.25) is 0 Å². The Kier molecular flexibility index (Phi) is 3.17. The summed E-state index contributed by atoms with van der Waals surface area (Å²) in [7, 11) is 0. The SMILES string of the molecule is CCC1CC1NC(=O)Nc1ccc(F)c(N)c1. The molecule has 17 heavy (non-hydrogen) atoms. The van der Waals surface area contributed by atoms with E-state index in [-0.39, 0.29) is 17.8 Å². The molecule has 0 radical (unpaired) electrons. The summed E-state index contributed by atoms with van der Waals surface area (Å²) in [6.45, 7) is 2.10. The van der Waals surface area contributed by atoms with Crippen molar-refractivity contribution in [3.05, 3.63) is 24.0 Å². The van der Waals surface area contributed by atoms with E-state index >= 15 is 0 Å². The molecule has 2 amide bonds. The first-order chi connectivity index (χ1) is 8.10. The molecule has 1 aromatic rings. The predicted molar refractivity (Wildman–Crippen MR) is 65.2 cm³/mol. The number of carbonyl (C=O) groups excluding carboxylic acids is 1. The maximum absolute atomic E-state index is 12.9. The number of hydrogen-bond acceptors (Lipinski definition) is 2. The van der Waals surface area contributed by atoms with Crippen molar-refractivity contribution in [2.24, 2.45) is 5.92 Å². The third-order valence-corrected chi connectivity index (χ3v) is 3.02. The number of benzene rings is 1. The highest BCUT2D eigenvalue weighted by Gasteiger charge is 2.36. The van der Waals surface area contributed by atoms with Gasteiger partial charge in [0.1, 0.15) is 5.82 Å². The van der Waals surface area contributed by atoms with Crippen molar-refractivity contribution in [3.63, 3.8) is 0 Å². The third kappa shape index (κ3) is 2.87. The highest BCUT2D eigenvalue weighted by atomic mass is 19.1. The Morgan fingerprint density at radius 1 is 1.59 bits per heavy atom. The minimum Gasteiger partial charge on any atom is -0.396 e. The Morgan fingerprint density at radius 2 is 2.35 bits per heavy atom. The van der Waals surface area contributed by atoms with E-state index in [9.17, 15) is 9.18 Å². The number of hydrogen-bond donors (Lipinski definition) is 3. The molecule has 0 bridgehead atoms. The molecule has 2 rings (SSSR count). The summed E-state index contributed by atoms with van der Waals surface area (Å²) in [6.07, 6.45) is 2.11. The van der Waals surface area contributed by atoms with E-state index in [1.54, 1.807) is 0 Å². The number of nitrogen functional groups attached to an aromatic ring is 1. The molecule has 0 aromatic heterocycles. The average Bonchev–Trinajstić information content (AvgIpc) is 3.02. The second-order valence-electron chi connectivity index (χ2n) is 4.35. The second kappa shape index (κ2) is 4.61. The lowest BCUT2D eigenvalue weighted by Gasteiger charge is -2.08. The van der Waals surface area contributed by atoms with Gasteiger partial charge in [0, 0.05) is 11.7 Å². The molecule has 1 fully saturated rings. The van der Waals surface area contributed by atoms with Crippen molar-refractivity contribution in [2.45, 2.75) is 25.8 Å². The van der Waals surface area contributed by atoms with Crippen molar-refractivity contribution in [2.75, 3.05) is 11.1 Å². The molecule has 1 saturated carbocycles. The summed E-state index contributed by atoms with van der Waals surface area (Å²) in [6, 6.07) is 4.13. The van der Waals surface area contributed by atoms with E-state index in [1.807, 2.05) is 0 Å². The highest BCUT2D eigenvalue weighted by Crippen LogP contribution is 2.33. The summed E-state index contributed by atoms with van der Waals surface area (Å²) in [5.41, 5.74) is 5.93. The molecule has 5 heteroatoms. The first-order valence-electron chi connectivity index (χ1n) is 5.72. The lowest BCUT2D eigenvalue weighted by atomic mass is 10.2. The highest BCUT2D eigenvalue weighted by molar-refractivity contribution is 5.90. The Hall–Kier alpha value is -1.78. The summed E-state index contributed by atoms with van der Waals surface area (Å²) in [5, 5.41) is 5.48. The van der Waals surface area contributed by atoms with Crippen LogP contribution in [0.15, 0.2) is 18.2 Å². The van der Waals surface area contributed by atoms with Crippen LogP contribution in [-0.4, -0.2) is 12.1 Å². The van der Waals surface area contributed by atoms with Crippen molar-refractivity contribution in [1.29, 1.82) is 0 Å². The van der Waals surface area contributed by atoms with Crippen molar-refractivity contribution in [1.82, 2.24) is 5.32 Å². The van der Waals surface area contributed by atoms with Crippen LogP contribution in [0.3, 0.4) is 0 Å². The lowest BCUT2D eigenvalue weighted by Crippen LogP contribution is -2.31. The van der Waals surface area contributed by atoms with Crippen LogP contribution >= 0.6 is 0 Å². The van der Waals surface area contributed by atoms with Gasteiger partial charge in [0.05, 0.1) is 5.69 Å². The number of nitrogens with one attached hydrogen (secondary N) is 2. The number of amides is 2. The van der Waals surface area contributed by atoms with Gasteiger partial charge >= 0.3 is 6.03 Å². The van der Waals surface area contributed by atoms with Crippen LogP contribution in [0.1, 0.15) is 19.8 Å². The third-order valence-electron chi connectivity index (χ3n) is 3.02. The summed E-state index contributed by atoms with van der Waals surface area (Å²) >= 11 is 0. The molecular weight excluding hydrogens is 221 g/mol. The summed E-state index contributed by atoms with van der Waals surface area (Å²) in [5.74, 6) is 0.114. The molecule has 0 spiro atoms. The number of urea groups is 1. The number of anilines is 2. The largest absolute Gasteiger partial charge is 0.396 e. The fourth-order valence-electron chi connectivity index (χ4n) is 1.83. The minimum atomic E-state index is -0.482. The van der Waals surface area contributed by atoms with Gasteiger partial charge in [0.2, 0.25) is 0 Å². The van der Waals surface area contributed by atoms with Gasteiger partial charge in [-0.1, -0.05) is 13.3 Å². The molecule has 1 aliphatic rings. The van der Waals surface area contributed by atoms with Gasteiger partial charge in [0.15, 0.2) is 0 Å². The van der Waals surface area contributed by atoms with E-state index in [0.717, 1.165) is 12.8 Å². The monoisotopic (exact) mass is 237 g/mol. The van der Waals surface area contributed by atoms with E-state index in [1.165, 1.54) is 18.2 Å². The quantitative estimate of drug-likeness (QED) is 0.706. The van der Waals surface area contributed by atoms with Crippen molar-refractivity contribution < 1.29 is 9.18 Å². The first-order valence-corrected chi connectivity index (χ1v) is 5.72. The molecule has 0 heterocycles. The Bertz CT molecular complexity index is 436. The van der Waals surface area contributed by atoms with E-state index in [0.29, 0.717) is 11.6 Å². The zero-order valence-corrected chi connectivity index (χ0v) is 9.66. The van der Waals surface area contributed by atoms with Gasteiger partial charge in [-0.25, -0.2) is 9.18 Å². The van der Waals surface area contributed by atoms with Gasteiger partial charge < -0.3 is 16.4 Å². The van der Waals surface area contributed by atoms with Crippen molar-refractivity contribution >= 4 is 17.4 Å². The van der Waals surface area contributed by atoms with Gasteiger partial charge in [-0.15, -0.1) is 0 Å². The molecule has 0 aliphatic heterocycles. The smallest absolute Gasteiger partial charge is 0.319 e. The Labute approximate surface area is 99.4 Å². The van der Waals surface area contributed by atoms with Crippen LogP contribution < -0.4 is 16.4 Å². The number of rotatable bonds is 3. The van der Waals surface area contributed by atoms with E-state index < -0.39 is 5.82 Å². The number of nitrogens with two attached hydrogens (primary N) is 1. The zero-order valence-electron chi connectivity index (χ0n) is 9.66. The minimum absolute atomic E-state index is 0.0284. The van der Waals surface area contributed by atoms with Gasteiger partial charge in [-0.05, 0) is 30.5 Å². The molecule has 1 aliphatic carbocycles. The maximum atomic E-state index is 12.9. The first kappa shape index (κ1) is 11.7. The van der Waals surface area contributed by atoms with E-state index in [4.69, 9.17) is 5.73 Å². The fraction of sp³-hybridized carbons (Fsp3) is 0.417. The van der Waals surface area contributed by atoms with Gasteiger partial charge in [0.25, 0.3) is 0 Å². The summed E-state index contributed by atoms with van der Waals surface area (Å²) < 4.78 is 12.9. The topological polar surface area (TPSA) is 67.2 Å². The second-order valence-corrected chi connectivity index (χ2v) is 4.35. The molecule has 4 nitrogen and oxygen atoms in total. The molecule has 2 unspecified atom stereocenters. The van der Waals surface area contributed by atoms with Crippen LogP contribution in [0.25, 0.3) is 0 Å². The molecule has 0 saturated heterocycles. The van der Waals surface area contributed by atoms with Crippen LogP contribution in [0, 0.1) is 11.7 Å². The average molecular weight is 237 g/mol. The lowest BCUT2D eigenvalue weighted by molar-refractivity contribution is 0.251. The van der Waals surface area contributed by atoms with Crippen LogP contribution in [-0.2, 0) is 0 Å². The molecular formula is C12H16FN3O. The molecule has 2 atom stereocenters. The fourth-order valence-corrected chi connectivity index (χ4v) is 1.83. The Morgan fingerprint density at radius 3 is 2.94 bits per heavy atom. The van der Waals surface area contributed by atoms with Gasteiger partial charge in [-0.2, -0.15) is 0 Å². The van der Waals surface area contributed by atoms with E-state index in [2.05, 4.69) is 17.6 Å². The maximum Gasteiger partial charge on any atom is 0.319 e. The predicted octanol–water partition coefficient (Wildman–Crippen LogP) is 2.33. The summed E-state index contributed by atoms with van der Waals surface area (Å²) in [4.78, 5) is 11.6. The normalized spacial score (nSPS) is 22.0. The molecule has 92 valence electrons. The molecule has 1 aromatic carbocycles. The van der Waals surface area contributed by atoms with Gasteiger partial charge in [-0.3, -0.25) is 0 Å². The standard InChI is InChI=1S/C12H16FN3O/c1-2-7-5-11(7)16-12(17)15-8-3-4-9(13)10(14)6-8/h3-4,6-7,11H,2,5,14H2,1H3,(H2,15,16,17). The Balaban J connectivity index is 1.88. The van der Waals surface area contributed by atoms with Crippen molar-refractivity contribution in [3.8, 4) is 0 Å². The number of carbonyl (C=O) groups is 1.